The lowest BCUT2D eigenvalue weighted by molar-refractivity contribution is -0.160. The largest absolute Gasteiger partial charge is 0.461 e. The first-order chi connectivity index (χ1) is 22.3. The van der Waals surface area contributed by atoms with E-state index in [-0.39, 0.29) is 24.0 Å². The molecule has 0 amide bonds. The van der Waals surface area contributed by atoms with E-state index in [1.807, 2.05) is 39.0 Å². The molecule has 2 saturated carbocycles. The quantitative estimate of drug-likeness (QED) is 0.204. The number of carbonyl (C=O) groups is 2. The number of allylic oxidation sites excluding steroid dienone is 1. The van der Waals surface area contributed by atoms with E-state index in [9.17, 15) is 9.59 Å². The van der Waals surface area contributed by atoms with Gasteiger partial charge >= 0.3 is 11.9 Å². The minimum atomic E-state index is -0.755. The van der Waals surface area contributed by atoms with Gasteiger partial charge in [0.25, 0.3) is 0 Å². The van der Waals surface area contributed by atoms with E-state index in [4.69, 9.17) is 19.0 Å². The SMILES string of the molecule is CO.Cc1ccc(C)cc1.Cc1ccc2oc(CC(C)(C)C(=O)OCC3C/C(=C\CC4(C)CC5CC(C)CC(C5)C4)C(=O)O3)cc2c1. The van der Waals surface area contributed by atoms with E-state index in [2.05, 4.69) is 64.1 Å². The van der Waals surface area contributed by atoms with Crippen molar-refractivity contribution in [1.82, 2.24) is 0 Å². The number of rotatable bonds is 7. The number of cyclic esters (lactones) is 1. The fraction of sp³-hybridized carbons (Fsp3) is 0.561. The van der Waals surface area contributed by atoms with Crippen LogP contribution >= 0.6 is 0 Å². The second kappa shape index (κ2) is 15.7. The summed E-state index contributed by atoms with van der Waals surface area (Å²) in [5.74, 6) is 2.71. The van der Waals surface area contributed by atoms with E-state index in [0.717, 1.165) is 53.6 Å². The molecule has 3 fully saturated rings. The predicted octanol–water partition coefficient (Wildman–Crippen LogP) is 9.25. The van der Waals surface area contributed by atoms with Gasteiger partial charge in [0.1, 0.15) is 24.1 Å². The van der Waals surface area contributed by atoms with Crippen molar-refractivity contribution in [3.63, 3.8) is 0 Å². The summed E-state index contributed by atoms with van der Waals surface area (Å²) in [6.45, 7) is 14.8. The van der Waals surface area contributed by atoms with E-state index in [1.165, 1.54) is 48.8 Å². The molecule has 3 unspecified atom stereocenters. The zero-order chi connectivity index (χ0) is 34.4. The molecule has 6 rings (SSSR count). The molecule has 47 heavy (non-hydrogen) atoms. The number of hydrogen-bond acceptors (Lipinski definition) is 6. The molecule has 3 aromatic rings. The van der Waals surface area contributed by atoms with Crippen molar-refractivity contribution in [3.05, 3.63) is 82.6 Å². The first-order valence-electron chi connectivity index (χ1n) is 17.3. The van der Waals surface area contributed by atoms with Gasteiger partial charge in [0.2, 0.25) is 0 Å². The Morgan fingerprint density at radius 1 is 0.957 bits per heavy atom. The highest BCUT2D eigenvalue weighted by atomic mass is 16.6. The van der Waals surface area contributed by atoms with Crippen LogP contribution in [-0.2, 0) is 25.5 Å². The summed E-state index contributed by atoms with van der Waals surface area (Å²) < 4.78 is 17.2. The van der Waals surface area contributed by atoms with Crippen LogP contribution in [0.5, 0.6) is 0 Å². The molecule has 6 nitrogen and oxygen atoms in total. The number of furan rings is 1. The third-order valence-electron chi connectivity index (χ3n) is 10.0. The monoisotopic (exact) mass is 644 g/mol. The molecule has 2 aliphatic carbocycles. The Bertz CT molecular complexity index is 1490. The highest BCUT2D eigenvalue weighted by Crippen LogP contribution is 2.52. The molecular formula is C41H56O6. The minimum Gasteiger partial charge on any atom is -0.461 e. The second-order valence-electron chi connectivity index (χ2n) is 15.5. The Morgan fingerprint density at radius 2 is 1.55 bits per heavy atom. The molecule has 2 aromatic carbocycles. The third-order valence-corrected chi connectivity index (χ3v) is 10.0. The van der Waals surface area contributed by atoms with Gasteiger partial charge in [-0.2, -0.15) is 0 Å². The molecule has 3 aliphatic rings. The van der Waals surface area contributed by atoms with Crippen LogP contribution in [0.25, 0.3) is 11.0 Å². The van der Waals surface area contributed by atoms with Crippen LogP contribution in [0, 0.1) is 49.4 Å². The maximum absolute atomic E-state index is 12.9. The smallest absolute Gasteiger partial charge is 0.334 e. The van der Waals surface area contributed by atoms with Gasteiger partial charge in [0.05, 0.1) is 5.41 Å². The molecule has 1 aliphatic heterocycles. The third kappa shape index (κ3) is 10.1. The number of aliphatic hydroxyl groups excluding tert-OH is 1. The first-order valence-corrected chi connectivity index (χ1v) is 17.3. The van der Waals surface area contributed by atoms with E-state index >= 15 is 0 Å². The zero-order valence-corrected chi connectivity index (χ0v) is 29.9. The lowest BCUT2D eigenvalue weighted by Gasteiger charge is -2.47. The highest BCUT2D eigenvalue weighted by Gasteiger charge is 2.41. The maximum atomic E-state index is 12.9. The van der Waals surface area contributed by atoms with E-state index < -0.39 is 11.5 Å². The average Bonchev–Trinajstić information content (AvgIpc) is 3.57. The van der Waals surface area contributed by atoms with Crippen LogP contribution in [0.15, 0.2) is 64.6 Å². The number of benzene rings is 2. The number of fused-ring (bicyclic) bond motifs is 3. The van der Waals surface area contributed by atoms with Crippen LogP contribution in [0.3, 0.4) is 0 Å². The first kappa shape index (κ1) is 36.5. The number of aryl methyl sites for hydroxylation is 3. The van der Waals surface area contributed by atoms with Crippen molar-refractivity contribution in [2.75, 3.05) is 13.7 Å². The van der Waals surface area contributed by atoms with Crippen LogP contribution in [0.1, 0.15) is 95.1 Å². The standard InChI is InChI=1S/C32H42O5.C8H10.CH4O/c1-20-6-7-28-25(12-20)15-26(36-28)18-31(3,4)30(34)35-19-27-14-24(29(33)37-27)8-9-32(5)16-22-10-21(2)11-23(13-22)17-32;1-7-3-5-8(2)6-4-7;1-2/h6-8,12,15,21-23,27H,9-11,13-14,16-19H2,1-5H3;3-6H,1-2H3;2H,1H3/b24-8+;;. The molecule has 1 aromatic heterocycles. The van der Waals surface area contributed by atoms with Gasteiger partial charge in [0, 0.05) is 30.9 Å². The summed E-state index contributed by atoms with van der Waals surface area (Å²) in [6.07, 6.45) is 10.2. The van der Waals surface area contributed by atoms with Crippen LogP contribution < -0.4 is 0 Å². The van der Waals surface area contributed by atoms with Gasteiger partial charge < -0.3 is 19.0 Å². The van der Waals surface area contributed by atoms with E-state index in [1.54, 1.807) is 0 Å². The number of carbonyl (C=O) groups excluding carboxylic acids is 2. The van der Waals surface area contributed by atoms with Gasteiger partial charge in [0.15, 0.2) is 0 Å². The van der Waals surface area contributed by atoms with Crippen molar-refractivity contribution in [1.29, 1.82) is 0 Å². The maximum Gasteiger partial charge on any atom is 0.334 e. The summed E-state index contributed by atoms with van der Waals surface area (Å²) in [4.78, 5) is 25.5. The number of ether oxygens (including phenoxy) is 2. The molecule has 0 radical (unpaired) electrons. The minimum absolute atomic E-state index is 0.0873. The van der Waals surface area contributed by atoms with Crippen molar-refractivity contribution < 1.29 is 28.6 Å². The Morgan fingerprint density at radius 3 is 2.17 bits per heavy atom. The lowest BCUT2D eigenvalue weighted by Crippen LogP contribution is -2.35. The number of esters is 2. The normalized spacial score (nSPS) is 26.1. The van der Waals surface area contributed by atoms with Crippen molar-refractivity contribution in [2.24, 2.45) is 28.6 Å². The average molecular weight is 645 g/mol. The second-order valence-corrected chi connectivity index (χ2v) is 15.5. The van der Waals surface area contributed by atoms with Gasteiger partial charge in [-0.05, 0) is 115 Å². The molecule has 2 heterocycles. The molecular weight excluding hydrogens is 588 g/mol. The number of aliphatic hydroxyl groups is 1. The fourth-order valence-corrected chi connectivity index (χ4v) is 7.92. The van der Waals surface area contributed by atoms with Crippen molar-refractivity contribution >= 4 is 22.9 Å². The van der Waals surface area contributed by atoms with Crippen LogP contribution in [-0.4, -0.2) is 36.9 Å². The zero-order valence-electron chi connectivity index (χ0n) is 29.9. The number of hydrogen-bond donors (Lipinski definition) is 1. The predicted molar refractivity (Wildman–Crippen MR) is 188 cm³/mol. The molecule has 1 saturated heterocycles. The molecule has 3 atom stereocenters. The van der Waals surface area contributed by atoms with Crippen LogP contribution in [0.4, 0.5) is 0 Å². The fourth-order valence-electron chi connectivity index (χ4n) is 7.92. The summed E-state index contributed by atoms with van der Waals surface area (Å²) in [5, 5.41) is 8.04. The Kier molecular flexibility index (Phi) is 12.2. The molecule has 0 spiro atoms. The summed E-state index contributed by atoms with van der Waals surface area (Å²) >= 11 is 0. The van der Waals surface area contributed by atoms with Crippen LogP contribution in [0.2, 0.25) is 0 Å². The molecule has 1 N–H and O–H groups in total. The van der Waals surface area contributed by atoms with E-state index in [0.29, 0.717) is 12.8 Å². The van der Waals surface area contributed by atoms with Crippen molar-refractivity contribution in [3.8, 4) is 0 Å². The molecule has 256 valence electrons. The Hall–Kier alpha value is -3.38. The van der Waals surface area contributed by atoms with Gasteiger partial charge in [-0.1, -0.05) is 66.9 Å². The topological polar surface area (TPSA) is 86.0 Å². The summed E-state index contributed by atoms with van der Waals surface area (Å²) in [5.41, 5.74) is 4.90. The van der Waals surface area contributed by atoms with Gasteiger partial charge in [-0.3, -0.25) is 4.79 Å². The van der Waals surface area contributed by atoms with Gasteiger partial charge in [-0.15, -0.1) is 0 Å². The summed E-state index contributed by atoms with van der Waals surface area (Å²) in [6, 6.07) is 16.5. The molecule has 6 heteroatoms. The Balaban J connectivity index is 0.000000433. The van der Waals surface area contributed by atoms with Crippen molar-refractivity contribution in [2.45, 2.75) is 106 Å². The summed E-state index contributed by atoms with van der Waals surface area (Å²) in [7, 11) is 1.00. The van der Waals surface area contributed by atoms with Gasteiger partial charge in [-0.25, -0.2) is 4.79 Å². The molecule has 2 bridgehead atoms. The Labute approximate surface area is 281 Å². The lowest BCUT2D eigenvalue weighted by atomic mass is 9.58. The highest BCUT2D eigenvalue weighted by molar-refractivity contribution is 5.90.